The first kappa shape index (κ1) is 16.8. The molecule has 4 atom stereocenters. The highest BCUT2D eigenvalue weighted by atomic mass is 16.7. The summed E-state index contributed by atoms with van der Waals surface area (Å²) in [6.45, 7) is 0.802. The summed E-state index contributed by atoms with van der Waals surface area (Å²) in [7, 11) is 0. The van der Waals surface area contributed by atoms with E-state index in [0.717, 1.165) is 32.2 Å². The van der Waals surface area contributed by atoms with Gasteiger partial charge in [0, 0.05) is 36.6 Å². The zero-order valence-electron chi connectivity index (χ0n) is 14.2. The summed E-state index contributed by atoms with van der Waals surface area (Å²) in [5.41, 5.74) is -0.0776. The molecule has 8 nitrogen and oxygen atoms in total. The van der Waals surface area contributed by atoms with Crippen LogP contribution in [-0.4, -0.2) is 40.6 Å². The zero-order chi connectivity index (χ0) is 18.3. The summed E-state index contributed by atoms with van der Waals surface area (Å²) >= 11 is 0. The number of rotatable bonds is 3. The smallest absolute Gasteiger partial charge is 0.430 e. The van der Waals surface area contributed by atoms with E-state index in [1.165, 1.54) is 24.3 Å². The summed E-state index contributed by atoms with van der Waals surface area (Å²) in [5, 5.41) is 10.7. The second-order valence-corrected chi connectivity index (χ2v) is 7.19. The molecule has 0 spiro atoms. The SMILES string of the molecule is O=C(Oc1ccc([N+](=O)[O-])cc1)O[C@H]1C[C@@H]2C[C@H]1[C@@H]1CCCCN1C2=O. The minimum absolute atomic E-state index is 0.0634. The van der Waals surface area contributed by atoms with Crippen molar-refractivity contribution in [3.63, 3.8) is 0 Å². The molecule has 2 saturated heterocycles. The number of hydrogen-bond donors (Lipinski definition) is 0. The summed E-state index contributed by atoms with van der Waals surface area (Å²) < 4.78 is 10.7. The molecule has 0 radical (unpaired) electrons. The second-order valence-electron chi connectivity index (χ2n) is 7.19. The third-order valence-corrected chi connectivity index (χ3v) is 5.72. The lowest BCUT2D eigenvalue weighted by molar-refractivity contribution is -0.384. The first-order valence-corrected chi connectivity index (χ1v) is 8.96. The van der Waals surface area contributed by atoms with E-state index in [1.54, 1.807) is 0 Å². The number of carbonyl (C=O) groups is 2. The van der Waals surface area contributed by atoms with Crippen LogP contribution in [0.5, 0.6) is 5.75 Å². The summed E-state index contributed by atoms with van der Waals surface area (Å²) in [5.74, 6) is 0.492. The lowest BCUT2D eigenvalue weighted by Crippen LogP contribution is -2.52. The first-order chi connectivity index (χ1) is 12.5. The molecule has 0 unspecified atom stereocenters. The van der Waals surface area contributed by atoms with Gasteiger partial charge >= 0.3 is 6.16 Å². The minimum Gasteiger partial charge on any atom is -0.430 e. The van der Waals surface area contributed by atoms with Crippen LogP contribution < -0.4 is 4.74 Å². The Bertz CT molecular complexity index is 734. The number of non-ortho nitro benzene ring substituents is 1. The molecule has 26 heavy (non-hydrogen) atoms. The minimum atomic E-state index is -0.828. The molecule has 3 fully saturated rings. The molecule has 8 heteroatoms. The van der Waals surface area contributed by atoms with Crippen molar-refractivity contribution < 1.29 is 24.0 Å². The Morgan fingerprint density at radius 1 is 1.19 bits per heavy atom. The molecule has 2 aliphatic heterocycles. The first-order valence-electron chi connectivity index (χ1n) is 8.96. The van der Waals surface area contributed by atoms with E-state index >= 15 is 0 Å². The van der Waals surface area contributed by atoms with Crippen LogP contribution in [0.3, 0.4) is 0 Å². The fraction of sp³-hybridized carbons (Fsp3) is 0.556. The molecular formula is C18H20N2O6. The quantitative estimate of drug-likeness (QED) is 0.356. The molecule has 1 amide bonds. The number of amides is 1. The molecule has 0 aromatic heterocycles. The van der Waals surface area contributed by atoms with Crippen molar-refractivity contribution in [2.75, 3.05) is 6.54 Å². The molecule has 4 rings (SSSR count). The molecule has 3 aliphatic rings. The number of nitrogens with zero attached hydrogens (tertiary/aromatic N) is 2. The predicted molar refractivity (Wildman–Crippen MR) is 89.6 cm³/mol. The highest BCUT2D eigenvalue weighted by molar-refractivity contribution is 5.81. The number of nitro benzene ring substituents is 1. The molecule has 2 heterocycles. The van der Waals surface area contributed by atoms with Crippen molar-refractivity contribution in [2.45, 2.75) is 44.2 Å². The predicted octanol–water partition coefficient (Wildman–Crippen LogP) is 2.90. The van der Waals surface area contributed by atoms with Gasteiger partial charge in [0.25, 0.3) is 5.69 Å². The molecule has 0 N–H and O–H groups in total. The van der Waals surface area contributed by atoms with Gasteiger partial charge in [-0.2, -0.15) is 0 Å². The van der Waals surface area contributed by atoms with Gasteiger partial charge in [0.1, 0.15) is 11.9 Å². The van der Waals surface area contributed by atoms with Gasteiger partial charge in [0.2, 0.25) is 5.91 Å². The Morgan fingerprint density at radius 2 is 1.96 bits per heavy atom. The lowest BCUT2D eigenvalue weighted by atomic mass is 9.84. The Balaban J connectivity index is 1.40. The number of ether oxygens (including phenoxy) is 2. The fourth-order valence-electron chi connectivity index (χ4n) is 4.56. The van der Waals surface area contributed by atoms with Gasteiger partial charge in [0.05, 0.1) is 4.92 Å². The largest absolute Gasteiger partial charge is 0.514 e. The normalized spacial score (nSPS) is 29.8. The van der Waals surface area contributed by atoms with Crippen LogP contribution in [0.4, 0.5) is 10.5 Å². The average Bonchev–Trinajstić information content (AvgIpc) is 3.00. The number of piperidine rings is 2. The molecule has 2 bridgehead atoms. The van der Waals surface area contributed by atoms with E-state index in [4.69, 9.17) is 9.47 Å². The van der Waals surface area contributed by atoms with E-state index in [1.807, 2.05) is 4.90 Å². The Morgan fingerprint density at radius 3 is 2.69 bits per heavy atom. The molecular weight excluding hydrogens is 340 g/mol. The molecule has 1 aromatic rings. The van der Waals surface area contributed by atoms with Crippen LogP contribution in [0, 0.1) is 22.0 Å². The lowest BCUT2D eigenvalue weighted by Gasteiger charge is -2.43. The highest BCUT2D eigenvalue weighted by Gasteiger charge is 2.52. The molecule has 1 saturated carbocycles. The zero-order valence-corrected chi connectivity index (χ0v) is 14.2. The van der Waals surface area contributed by atoms with Gasteiger partial charge in [-0.3, -0.25) is 14.9 Å². The van der Waals surface area contributed by atoms with Gasteiger partial charge < -0.3 is 14.4 Å². The number of nitro groups is 1. The summed E-state index contributed by atoms with van der Waals surface area (Å²) in [6, 6.07) is 5.41. The third kappa shape index (κ3) is 3.00. The summed E-state index contributed by atoms with van der Waals surface area (Å²) in [4.78, 5) is 36.8. The Labute approximate surface area is 150 Å². The summed E-state index contributed by atoms with van der Waals surface area (Å²) in [6.07, 6.45) is 3.26. The Hall–Kier alpha value is -2.64. The maximum atomic E-state index is 12.5. The topological polar surface area (TPSA) is 99.0 Å². The van der Waals surface area contributed by atoms with Gasteiger partial charge in [0.15, 0.2) is 0 Å². The molecule has 138 valence electrons. The van der Waals surface area contributed by atoms with Crippen molar-refractivity contribution >= 4 is 17.7 Å². The van der Waals surface area contributed by atoms with Crippen molar-refractivity contribution in [3.8, 4) is 5.75 Å². The number of benzene rings is 1. The monoisotopic (exact) mass is 360 g/mol. The number of carbonyl (C=O) groups excluding carboxylic acids is 2. The van der Waals surface area contributed by atoms with E-state index in [2.05, 4.69) is 0 Å². The van der Waals surface area contributed by atoms with Gasteiger partial charge in [-0.05, 0) is 44.2 Å². The van der Waals surface area contributed by atoms with E-state index in [-0.39, 0.29) is 41.3 Å². The van der Waals surface area contributed by atoms with Crippen LogP contribution >= 0.6 is 0 Å². The van der Waals surface area contributed by atoms with Crippen molar-refractivity contribution in [1.29, 1.82) is 0 Å². The standard InChI is InChI=1S/C18H20N2O6/c21-17-11-9-14(15-3-1-2-8-19(15)17)16(10-11)26-18(22)25-13-6-4-12(5-7-13)20(23)24/h4-7,11,14-16H,1-3,8-10H2/t11-,14-,15-,16-/m0/s1. The van der Waals surface area contributed by atoms with Gasteiger partial charge in [-0.25, -0.2) is 4.79 Å². The maximum Gasteiger partial charge on any atom is 0.514 e. The van der Waals surface area contributed by atoms with Crippen LogP contribution in [0.25, 0.3) is 0 Å². The average molecular weight is 360 g/mol. The number of hydrogen-bond acceptors (Lipinski definition) is 6. The van der Waals surface area contributed by atoms with Crippen LogP contribution in [-0.2, 0) is 9.53 Å². The van der Waals surface area contributed by atoms with Crippen molar-refractivity contribution in [1.82, 2.24) is 4.90 Å². The van der Waals surface area contributed by atoms with Gasteiger partial charge in [-0.1, -0.05) is 0 Å². The van der Waals surface area contributed by atoms with Crippen LogP contribution in [0.1, 0.15) is 32.1 Å². The van der Waals surface area contributed by atoms with E-state index < -0.39 is 11.1 Å². The molecule has 1 aliphatic carbocycles. The van der Waals surface area contributed by atoms with Crippen LogP contribution in [0.15, 0.2) is 24.3 Å². The molecule has 1 aromatic carbocycles. The fourth-order valence-corrected chi connectivity index (χ4v) is 4.56. The Kier molecular flexibility index (Phi) is 4.26. The van der Waals surface area contributed by atoms with Crippen LogP contribution in [0.2, 0.25) is 0 Å². The second kappa shape index (κ2) is 6.59. The van der Waals surface area contributed by atoms with Crippen molar-refractivity contribution in [3.05, 3.63) is 34.4 Å². The van der Waals surface area contributed by atoms with Crippen molar-refractivity contribution in [2.24, 2.45) is 11.8 Å². The maximum absolute atomic E-state index is 12.5. The third-order valence-electron chi connectivity index (χ3n) is 5.72. The van der Waals surface area contributed by atoms with E-state index in [0.29, 0.717) is 6.42 Å². The number of fused-ring (bicyclic) bond motifs is 4. The van der Waals surface area contributed by atoms with Gasteiger partial charge in [-0.15, -0.1) is 0 Å². The highest BCUT2D eigenvalue weighted by Crippen LogP contribution is 2.45. The van der Waals surface area contributed by atoms with E-state index in [9.17, 15) is 19.7 Å².